The second-order valence-electron chi connectivity index (χ2n) is 9.85. The van der Waals surface area contributed by atoms with E-state index in [1.54, 1.807) is 0 Å². The number of nitrogens with zero attached hydrogens (tertiary/aromatic N) is 6. The molecule has 0 radical (unpaired) electrons. The molecule has 206 valence electrons. The van der Waals surface area contributed by atoms with Crippen molar-refractivity contribution in [2.45, 2.75) is 93.4 Å². The first-order valence-corrected chi connectivity index (χ1v) is 14.3. The van der Waals surface area contributed by atoms with E-state index in [4.69, 9.17) is 29.9 Å². The summed E-state index contributed by atoms with van der Waals surface area (Å²) < 4.78 is 0. The molecule has 0 aliphatic carbocycles. The van der Waals surface area contributed by atoms with Crippen LogP contribution in [0.15, 0.2) is 12.1 Å². The van der Waals surface area contributed by atoms with E-state index in [0.29, 0.717) is 5.82 Å². The van der Waals surface area contributed by atoms with Crippen LogP contribution >= 0.6 is 0 Å². The van der Waals surface area contributed by atoms with Crippen molar-refractivity contribution in [3.8, 4) is 0 Å². The molecule has 0 fully saturated rings. The molecule has 2 aliphatic heterocycles. The number of allylic oxidation sites excluding steroid dienone is 3. The average Bonchev–Trinajstić information content (AvgIpc) is 3.65. The number of hydrogen-bond acceptors (Lipinski definition) is 4. The monoisotopic (exact) mass is 701 g/mol. The third-order valence-electron chi connectivity index (χ3n) is 7.86. The predicted octanol–water partition coefficient (Wildman–Crippen LogP) is 7.29. The fraction of sp³-hybridized carbons (Fsp3) is 0.438. The Bertz CT molecular complexity index is 1620. The molecule has 5 rings (SSSR count). The second kappa shape index (κ2) is 12.1. The van der Waals surface area contributed by atoms with Gasteiger partial charge in [0.1, 0.15) is 0 Å². The van der Waals surface area contributed by atoms with Gasteiger partial charge in [0.15, 0.2) is 0 Å². The van der Waals surface area contributed by atoms with Crippen LogP contribution in [0.5, 0.6) is 0 Å². The Balaban J connectivity index is 0.00000353. The van der Waals surface area contributed by atoms with Crippen molar-refractivity contribution in [2.75, 3.05) is 0 Å². The zero-order valence-corrected chi connectivity index (χ0v) is 26.5. The normalized spacial score (nSPS) is 13.1. The predicted molar refractivity (Wildman–Crippen MR) is 158 cm³/mol. The minimum atomic E-state index is 0. The molecular formula is C32H38N6Pt. The molecule has 0 unspecified atom stereocenters. The van der Waals surface area contributed by atoms with Crippen molar-refractivity contribution >= 4 is 45.1 Å². The average molecular weight is 702 g/mol. The molecule has 39 heavy (non-hydrogen) atoms. The summed E-state index contributed by atoms with van der Waals surface area (Å²) in [6.07, 6.45) is 8.28. The zero-order chi connectivity index (χ0) is 27.0. The molecular weight excluding hydrogens is 663 g/mol. The molecule has 3 aromatic heterocycles. The van der Waals surface area contributed by atoms with Gasteiger partial charge in [0.2, 0.25) is 0 Å². The van der Waals surface area contributed by atoms with Crippen LogP contribution in [0, 0.1) is 0 Å². The molecule has 0 amide bonds. The quantitative estimate of drug-likeness (QED) is 0.258. The first-order chi connectivity index (χ1) is 18.5. The molecule has 6 nitrogen and oxygen atoms in total. The summed E-state index contributed by atoms with van der Waals surface area (Å²) in [6, 6.07) is 4.27. The van der Waals surface area contributed by atoms with E-state index < -0.39 is 0 Å². The Morgan fingerprint density at radius 2 is 1.08 bits per heavy atom. The topological polar surface area (TPSA) is 79.8 Å². The Morgan fingerprint density at radius 1 is 0.538 bits per heavy atom. The van der Waals surface area contributed by atoms with Gasteiger partial charge in [0.05, 0.1) is 23.0 Å². The van der Waals surface area contributed by atoms with Crippen molar-refractivity contribution in [2.24, 2.45) is 0 Å². The van der Waals surface area contributed by atoms with E-state index in [-0.39, 0.29) is 21.1 Å². The molecule has 3 aromatic rings. The maximum atomic E-state index is 5.13. The maximum absolute atomic E-state index is 5.13. The Hall–Kier alpha value is -2.85. The van der Waals surface area contributed by atoms with E-state index in [0.717, 1.165) is 84.5 Å². The van der Waals surface area contributed by atoms with Gasteiger partial charge < -0.3 is 19.9 Å². The zero-order valence-electron chi connectivity index (χ0n) is 24.2. The number of rotatable bonds is 7. The Labute approximate surface area is 246 Å². The van der Waals surface area contributed by atoms with Gasteiger partial charge in [-0.2, -0.15) is 0 Å². The van der Waals surface area contributed by atoms with Crippen LogP contribution in [0.1, 0.15) is 113 Å². The summed E-state index contributed by atoms with van der Waals surface area (Å²) in [7, 11) is 0. The van der Waals surface area contributed by atoms with Crippen LogP contribution in [-0.4, -0.2) is 19.9 Å². The molecule has 2 aliphatic rings. The number of hydrogen-bond donors (Lipinski definition) is 0. The van der Waals surface area contributed by atoms with Crippen LogP contribution in [0.25, 0.3) is 45.1 Å². The summed E-state index contributed by atoms with van der Waals surface area (Å²) in [5.74, 6) is 1.50. The summed E-state index contributed by atoms with van der Waals surface area (Å²) in [5, 5.41) is 0. The Morgan fingerprint density at radius 3 is 1.59 bits per heavy atom. The van der Waals surface area contributed by atoms with Crippen molar-refractivity contribution in [3.63, 3.8) is 0 Å². The first kappa shape index (κ1) is 29.1. The molecule has 0 aromatic carbocycles. The summed E-state index contributed by atoms with van der Waals surface area (Å²) in [5.41, 5.74) is 13.9. The SMILES string of the molecule is CCC1=Cc2nc1cc1[n-]c(nc3nc(cc4[n-]c(n2)c(CC)c4CC)C(CC)=C3CC)c(CC)c1CC.[Pt+2]. The summed E-state index contributed by atoms with van der Waals surface area (Å²) in [6.45, 7) is 15.3. The first-order valence-electron chi connectivity index (χ1n) is 14.3. The third-order valence-corrected chi connectivity index (χ3v) is 7.86. The number of aryl methyl sites for hydroxylation is 4. The van der Waals surface area contributed by atoms with Gasteiger partial charge >= 0.3 is 21.1 Å². The summed E-state index contributed by atoms with van der Waals surface area (Å²) in [4.78, 5) is 30.3. The summed E-state index contributed by atoms with van der Waals surface area (Å²) >= 11 is 0. The molecule has 0 saturated carbocycles. The second-order valence-corrected chi connectivity index (χ2v) is 9.85. The fourth-order valence-electron chi connectivity index (χ4n) is 5.94. The molecule has 8 bridgehead atoms. The molecule has 0 N–H and O–H groups in total. The maximum Gasteiger partial charge on any atom is 2.00 e. The molecule has 0 saturated heterocycles. The van der Waals surface area contributed by atoms with Gasteiger partial charge in [-0.15, -0.1) is 0 Å². The molecule has 5 heterocycles. The number of aromatic nitrogens is 6. The van der Waals surface area contributed by atoms with Crippen LogP contribution in [0.2, 0.25) is 0 Å². The third kappa shape index (κ3) is 5.09. The molecule has 0 atom stereocenters. The van der Waals surface area contributed by atoms with Gasteiger partial charge in [-0.05, 0) is 113 Å². The van der Waals surface area contributed by atoms with E-state index in [1.807, 2.05) is 0 Å². The number of fused-ring (bicyclic) bond motifs is 8. The van der Waals surface area contributed by atoms with Gasteiger partial charge in [-0.3, -0.25) is 9.97 Å². The van der Waals surface area contributed by atoms with E-state index in [1.165, 1.54) is 39.0 Å². The molecule has 7 heteroatoms. The molecule has 0 spiro atoms. The van der Waals surface area contributed by atoms with Gasteiger partial charge in [-0.1, -0.05) is 59.8 Å². The van der Waals surface area contributed by atoms with Crippen LogP contribution in [-0.2, 0) is 46.7 Å². The van der Waals surface area contributed by atoms with Crippen LogP contribution < -0.4 is 9.97 Å². The van der Waals surface area contributed by atoms with Gasteiger partial charge in [0, 0.05) is 0 Å². The standard InChI is InChI=1S/C32H38N6.Pt/c1-8-18-15-29-33-25(18)16-26-20(10-3)23(13-6)31(35-26)38-32-24(14-7)21(11-4)28(36-32)17-27-19(9-2)22(12-5)30(34-27)37-29;/h15-17H,8-14H2,1-7H3;/q-2;+2. The minimum absolute atomic E-state index is 0. The van der Waals surface area contributed by atoms with Crippen molar-refractivity contribution in [1.82, 2.24) is 29.9 Å². The van der Waals surface area contributed by atoms with E-state index in [9.17, 15) is 0 Å². The van der Waals surface area contributed by atoms with Gasteiger partial charge in [-0.25, -0.2) is 0 Å². The van der Waals surface area contributed by atoms with Crippen LogP contribution in [0.3, 0.4) is 0 Å². The van der Waals surface area contributed by atoms with Crippen molar-refractivity contribution in [1.29, 1.82) is 0 Å². The van der Waals surface area contributed by atoms with Crippen LogP contribution in [0.4, 0.5) is 0 Å². The van der Waals surface area contributed by atoms with Gasteiger partial charge in [0.25, 0.3) is 0 Å². The van der Waals surface area contributed by atoms with Crippen molar-refractivity contribution < 1.29 is 21.1 Å². The largest absolute Gasteiger partial charge is 2.00 e. The minimum Gasteiger partial charge on any atom is -0.436 e. The van der Waals surface area contributed by atoms with Crippen molar-refractivity contribution in [3.05, 3.63) is 57.4 Å². The van der Waals surface area contributed by atoms with E-state index >= 15 is 0 Å². The Kier molecular flexibility index (Phi) is 9.06. The van der Waals surface area contributed by atoms with E-state index in [2.05, 4.69) is 66.7 Å². The smallest absolute Gasteiger partial charge is 0.436 e. The fourth-order valence-corrected chi connectivity index (χ4v) is 5.94.